The molecule has 4 nitrogen and oxygen atoms in total. The number of amides is 1. The summed E-state index contributed by atoms with van der Waals surface area (Å²) < 4.78 is 0. The van der Waals surface area contributed by atoms with Gasteiger partial charge in [-0.3, -0.25) is 4.79 Å². The fraction of sp³-hybridized carbons (Fsp3) is 0.467. The minimum atomic E-state index is -0.142. The van der Waals surface area contributed by atoms with Crippen LogP contribution in [-0.4, -0.2) is 29.4 Å². The molecule has 1 atom stereocenters. The molecule has 0 spiro atoms. The lowest BCUT2D eigenvalue weighted by Crippen LogP contribution is -2.39. The predicted octanol–water partition coefficient (Wildman–Crippen LogP) is 2.44. The van der Waals surface area contributed by atoms with Gasteiger partial charge in [0.15, 0.2) is 0 Å². The molecule has 1 aromatic carbocycles. The van der Waals surface area contributed by atoms with Gasteiger partial charge >= 0.3 is 0 Å². The molecule has 20 heavy (non-hydrogen) atoms. The molecule has 1 amide bonds. The maximum absolute atomic E-state index is 12.2. The number of hydrogen-bond donors (Lipinski definition) is 2. The van der Waals surface area contributed by atoms with Crippen molar-refractivity contribution < 1.29 is 9.90 Å². The number of aliphatic hydroxyl groups excluding tert-OH is 1. The van der Waals surface area contributed by atoms with Crippen LogP contribution in [0.2, 0.25) is 0 Å². The normalized spacial score (nSPS) is 11.9. The second-order valence-electron chi connectivity index (χ2n) is 4.81. The highest BCUT2D eigenvalue weighted by atomic mass is 32.2. The van der Waals surface area contributed by atoms with Crippen molar-refractivity contribution in [1.82, 2.24) is 5.32 Å². The monoisotopic (exact) mass is 292 g/mol. The van der Waals surface area contributed by atoms with Crippen LogP contribution in [0.1, 0.15) is 30.6 Å². The first-order valence-corrected chi connectivity index (χ1v) is 7.58. The number of aliphatic hydroxyl groups is 1. The lowest BCUT2D eigenvalue weighted by Gasteiger charge is -2.21. The summed E-state index contributed by atoms with van der Waals surface area (Å²) in [6.07, 6.45) is 0.548. The Labute approximate surface area is 124 Å². The van der Waals surface area contributed by atoms with Gasteiger partial charge in [0.2, 0.25) is 0 Å². The summed E-state index contributed by atoms with van der Waals surface area (Å²) in [5.41, 5.74) is 0.580. The molecule has 0 bridgehead atoms. The van der Waals surface area contributed by atoms with Crippen molar-refractivity contribution in [2.75, 3.05) is 12.4 Å². The molecule has 5 heteroatoms. The second-order valence-corrected chi connectivity index (χ2v) is 5.86. The van der Waals surface area contributed by atoms with E-state index in [1.54, 1.807) is 12.1 Å². The van der Waals surface area contributed by atoms with Gasteiger partial charge in [0.25, 0.3) is 5.91 Å². The van der Waals surface area contributed by atoms with E-state index >= 15 is 0 Å². The molecule has 1 aromatic rings. The Morgan fingerprint density at radius 2 is 2.25 bits per heavy atom. The Kier molecular flexibility index (Phi) is 7.13. The van der Waals surface area contributed by atoms with E-state index in [9.17, 15) is 4.79 Å². The smallest absolute Gasteiger partial charge is 0.251 e. The fourth-order valence-corrected chi connectivity index (χ4v) is 2.42. The van der Waals surface area contributed by atoms with Crippen LogP contribution >= 0.6 is 11.8 Å². The second kappa shape index (κ2) is 8.62. The van der Waals surface area contributed by atoms with Gasteiger partial charge in [0.05, 0.1) is 11.8 Å². The molecule has 0 fully saturated rings. The summed E-state index contributed by atoms with van der Waals surface area (Å²) in [6, 6.07) is 9.25. The van der Waals surface area contributed by atoms with Crippen LogP contribution in [0, 0.1) is 17.2 Å². The van der Waals surface area contributed by atoms with Crippen molar-refractivity contribution in [1.29, 1.82) is 5.26 Å². The number of thioether (sulfide) groups is 1. The van der Waals surface area contributed by atoms with Crippen molar-refractivity contribution in [2.45, 2.75) is 31.2 Å². The van der Waals surface area contributed by atoms with Crippen molar-refractivity contribution in [3.63, 3.8) is 0 Å². The summed E-state index contributed by atoms with van der Waals surface area (Å²) >= 11 is 1.41. The van der Waals surface area contributed by atoms with Gasteiger partial charge in [0, 0.05) is 23.1 Å². The molecule has 0 heterocycles. The molecule has 0 aliphatic heterocycles. The van der Waals surface area contributed by atoms with Crippen LogP contribution in [0.15, 0.2) is 29.2 Å². The summed E-state index contributed by atoms with van der Waals surface area (Å²) in [5, 5.41) is 20.5. The zero-order valence-corrected chi connectivity index (χ0v) is 12.6. The van der Waals surface area contributed by atoms with E-state index in [2.05, 4.69) is 11.4 Å². The lowest BCUT2D eigenvalue weighted by atomic mass is 10.0. The first-order valence-electron chi connectivity index (χ1n) is 6.60. The Bertz CT molecular complexity index is 483. The first-order chi connectivity index (χ1) is 9.58. The van der Waals surface area contributed by atoms with Gasteiger partial charge in [-0.1, -0.05) is 19.9 Å². The van der Waals surface area contributed by atoms with Gasteiger partial charge in [-0.25, -0.2) is 0 Å². The molecular formula is C15H20N2O2S. The molecule has 0 aromatic heterocycles. The van der Waals surface area contributed by atoms with E-state index in [1.807, 2.05) is 26.0 Å². The molecule has 2 N–H and O–H groups in total. The highest BCUT2D eigenvalue weighted by molar-refractivity contribution is 7.99. The largest absolute Gasteiger partial charge is 0.396 e. The third kappa shape index (κ3) is 5.24. The Morgan fingerprint density at radius 3 is 2.85 bits per heavy atom. The fourth-order valence-electron chi connectivity index (χ4n) is 1.81. The molecule has 0 saturated carbocycles. The number of carbonyl (C=O) groups is 1. The van der Waals surface area contributed by atoms with E-state index in [0.717, 1.165) is 4.90 Å². The van der Waals surface area contributed by atoms with Gasteiger partial charge in [-0.15, -0.1) is 11.8 Å². The number of rotatable bonds is 7. The summed E-state index contributed by atoms with van der Waals surface area (Å²) in [7, 11) is 0. The maximum atomic E-state index is 12.2. The zero-order valence-electron chi connectivity index (χ0n) is 11.8. The van der Waals surface area contributed by atoms with Gasteiger partial charge in [0.1, 0.15) is 0 Å². The van der Waals surface area contributed by atoms with Gasteiger partial charge in [-0.05, 0) is 30.5 Å². The molecule has 0 saturated heterocycles. The van der Waals surface area contributed by atoms with Gasteiger partial charge in [-0.2, -0.15) is 5.26 Å². The Hall–Kier alpha value is -1.51. The van der Waals surface area contributed by atoms with Crippen molar-refractivity contribution in [3.8, 4) is 6.07 Å². The predicted molar refractivity (Wildman–Crippen MR) is 80.6 cm³/mol. The number of hydrogen-bond acceptors (Lipinski definition) is 4. The number of nitrogens with zero attached hydrogens (tertiary/aromatic N) is 1. The van der Waals surface area contributed by atoms with E-state index in [-0.39, 0.29) is 24.5 Å². The lowest BCUT2D eigenvalue weighted by molar-refractivity contribution is 0.0916. The van der Waals surface area contributed by atoms with Crippen molar-refractivity contribution in [3.05, 3.63) is 29.8 Å². The molecule has 0 aliphatic rings. The molecule has 108 valence electrons. The highest BCUT2D eigenvalue weighted by Gasteiger charge is 2.16. The molecule has 0 aliphatic carbocycles. The Balaban J connectivity index is 2.73. The van der Waals surface area contributed by atoms with Crippen molar-refractivity contribution in [2.24, 2.45) is 5.92 Å². The van der Waals surface area contributed by atoms with E-state index in [4.69, 9.17) is 10.4 Å². The van der Waals surface area contributed by atoms with Crippen LogP contribution < -0.4 is 5.32 Å². The zero-order chi connectivity index (χ0) is 15.0. The third-order valence-electron chi connectivity index (χ3n) is 2.96. The van der Waals surface area contributed by atoms with E-state index in [0.29, 0.717) is 17.7 Å². The number of nitrogens with one attached hydrogen (secondary N) is 1. The molecule has 1 rings (SSSR count). The average Bonchev–Trinajstić information content (AvgIpc) is 2.44. The SMILES string of the molecule is CC(C)C(CCO)NC(=O)c1cccc(SCC#N)c1. The van der Waals surface area contributed by atoms with Crippen LogP contribution in [0.3, 0.4) is 0 Å². The number of carbonyl (C=O) groups excluding carboxylic acids is 1. The van der Waals surface area contributed by atoms with Crippen LogP contribution in [0.25, 0.3) is 0 Å². The van der Waals surface area contributed by atoms with Crippen LogP contribution in [-0.2, 0) is 0 Å². The summed E-state index contributed by atoms with van der Waals surface area (Å²) in [5.74, 6) is 0.489. The quantitative estimate of drug-likeness (QED) is 0.757. The standard InChI is InChI=1S/C15H20N2O2S/c1-11(2)14(6-8-18)17-15(19)12-4-3-5-13(10-12)20-9-7-16/h3-5,10-11,14,18H,6,8-9H2,1-2H3,(H,17,19). The molecule has 1 unspecified atom stereocenters. The van der Waals surface area contributed by atoms with E-state index in [1.165, 1.54) is 11.8 Å². The molecule has 0 radical (unpaired) electrons. The highest BCUT2D eigenvalue weighted by Crippen LogP contribution is 2.19. The van der Waals surface area contributed by atoms with Crippen LogP contribution in [0.4, 0.5) is 0 Å². The minimum absolute atomic E-state index is 0.0390. The Morgan fingerprint density at radius 1 is 1.50 bits per heavy atom. The van der Waals surface area contributed by atoms with Crippen LogP contribution in [0.5, 0.6) is 0 Å². The number of nitriles is 1. The number of benzene rings is 1. The summed E-state index contributed by atoms with van der Waals surface area (Å²) in [4.78, 5) is 13.1. The molecular weight excluding hydrogens is 272 g/mol. The topological polar surface area (TPSA) is 73.1 Å². The minimum Gasteiger partial charge on any atom is -0.396 e. The first kappa shape index (κ1) is 16.5. The average molecular weight is 292 g/mol. The maximum Gasteiger partial charge on any atom is 0.251 e. The third-order valence-corrected chi connectivity index (χ3v) is 3.82. The van der Waals surface area contributed by atoms with Crippen molar-refractivity contribution >= 4 is 17.7 Å². The summed E-state index contributed by atoms with van der Waals surface area (Å²) in [6.45, 7) is 4.08. The van der Waals surface area contributed by atoms with Gasteiger partial charge < -0.3 is 10.4 Å². The van der Waals surface area contributed by atoms with E-state index < -0.39 is 0 Å².